The summed E-state index contributed by atoms with van der Waals surface area (Å²) < 4.78 is 25.5. The van der Waals surface area contributed by atoms with Crippen molar-refractivity contribution in [2.24, 2.45) is 0 Å². The van der Waals surface area contributed by atoms with Gasteiger partial charge in [0.15, 0.2) is 0 Å². The molecule has 0 amide bonds. The number of sulfonamides is 1. The number of rotatable bonds is 6. The van der Waals surface area contributed by atoms with Crippen LogP contribution in [-0.4, -0.2) is 62.8 Å². The van der Waals surface area contributed by atoms with Gasteiger partial charge in [0.1, 0.15) is 0 Å². The Morgan fingerprint density at radius 2 is 1.64 bits per heavy atom. The molecule has 2 N–H and O–H groups in total. The monoisotopic (exact) mass is 502 g/mol. The molecule has 0 bridgehead atoms. The van der Waals surface area contributed by atoms with Crippen molar-refractivity contribution in [3.8, 4) is 11.1 Å². The molecule has 0 saturated carbocycles. The molecule has 1 saturated heterocycles. The minimum atomic E-state index is -3.32. The summed E-state index contributed by atoms with van der Waals surface area (Å²) in [5.74, 6) is 0.525. The molecule has 1 fully saturated rings. The van der Waals surface area contributed by atoms with Crippen molar-refractivity contribution in [1.82, 2.24) is 14.9 Å². The average molecular weight is 503 g/mol. The zero-order valence-corrected chi connectivity index (χ0v) is 21.5. The first-order chi connectivity index (χ1) is 17.2. The lowest BCUT2D eigenvalue weighted by Gasteiger charge is -2.35. The van der Waals surface area contributed by atoms with Crippen molar-refractivity contribution < 1.29 is 8.42 Å². The highest BCUT2D eigenvalue weighted by Crippen LogP contribution is 2.30. The summed E-state index contributed by atoms with van der Waals surface area (Å²) >= 11 is 0. The van der Waals surface area contributed by atoms with Gasteiger partial charge in [0.2, 0.25) is 16.0 Å². The Morgan fingerprint density at radius 1 is 0.917 bits per heavy atom. The van der Waals surface area contributed by atoms with Crippen LogP contribution in [0.5, 0.6) is 0 Å². The van der Waals surface area contributed by atoms with E-state index >= 15 is 0 Å². The second-order valence-electron chi connectivity index (χ2n) is 9.31. The molecule has 3 aromatic carbocycles. The highest BCUT2D eigenvalue weighted by atomic mass is 32.2. The smallest absolute Gasteiger partial charge is 0.229 e. The average Bonchev–Trinajstić information content (AvgIpc) is 2.84. The van der Waals surface area contributed by atoms with Crippen LogP contribution in [0.25, 0.3) is 22.0 Å². The summed E-state index contributed by atoms with van der Waals surface area (Å²) in [6, 6.07) is 19.6. The van der Waals surface area contributed by atoms with E-state index in [1.54, 1.807) is 12.1 Å². The molecule has 4 aromatic rings. The summed E-state index contributed by atoms with van der Waals surface area (Å²) in [7, 11) is -1.16. The van der Waals surface area contributed by atoms with E-state index in [1.807, 2.05) is 36.5 Å². The van der Waals surface area contributed by atoms with Crippen LogP contribution in [0.4, 0.5) is 23.0 Å². The summed E-state index contributed by atoms with van der Waals surface area (Å²) in [6.07, 6.45) is 2.96. The van der Waals surface area contributed by atoms with Crippen molar-refractivity contribution in [1.29, 1.82) is 0 Å². The van der Waals surface area contributed by atoms with E-state index in [0.29, 0.717) is 11.6 Å². The van der Waals surface area contributed by atoms with Gasteiger partial charge in [0.05, 0.1) is 11.8 Å². The number of hydrogen-bond acceptors (Lipinski definition) is 7. The molecule has 0 atom stereocenters. The molecule has 0 radical (unpaired) electrons. The predicted molar refractivity (Wildman–Crippen MR) is 148 cm³/mol. The van der Waals surface area contributed by atoms with Crippen molar-refractivity contribution in [3.63, 3.8) is 0 Å². The Labute approximate surface area is 212 Å². The number of anilines is 4. The third kappa shape index (κ3) is 5.42. The maximum Gasteiger partial charge on any atom is 0.229 e. The van der Waals surface area contributed by atoms with Crippen LogP contribution in [0.3, 0.4) is 0 Å². The maximum atomic E-state index is 11.5. The van der Waals surface area contributed by atoms with E-state index < -0.39 is 10.0 Å². The first-order valence-electron chi connectivity index (χ1n) is 11.9. The Kier molecular flexibility index (Phi) is 6.51. The first-order valence-corrected chi connectivity index (χ1v) is 13.8. The number of aromatic nitrogens is 2. The van der Waals surface area contributed by atoms with E-state index in [1.165, 1.54) is 11.3 Å². The summed E-state index contributed by atoms with van der Waals surface area (Å²) in [5.41, 5.74) is 6.66. The standard InChI is InChI=1S/C27H30N6O2S/c1-19-17-23(11-12-25(19)33-15-13-32(2)14-16-33)29-27-28-18-21-5-4-6-24(26(21)30-27)20-7-9-22(10-8-20)31-36(3,34)35/h4-12,17-18,31H,13-16H2,1-3H3,(H,28,29,30). The topological polar surface area (TPSA) is 90.5 Å². The van der Waals surface area contributed by atoms with Gasteiger partial charge in [0.25, 0.3) is 0 Å². The number of likely N-dealkylation sites (N-methyl/N-ethyl adjacent to an activating group) is 1. The zero-order chi connectivity index (χ0) is 25.3. The molecule has 1 aromatic heterocycles. The molecule has 9 heteroatoms. The summed E-state index contributed by atoms with van der Waals surface area (Å²) in [4.78, 5) is 14.2. The fourth-order valence-electron chi connectivity index (χ4n) is 4.55. The van der Waals surface area contributed by atoms with Gasteiger partial charge in [-0.2, -0.15) is 0 Å². The minimum Gasteiger partial charge on any atom is -0.369 e. The molecule has 1 aliphatic rings. The molecule has 5 rings (SSSR count). The fourth-order valence-corrected chi connectivity index (χ4v) is 5.11. The van der Waals surface area contributed by atoms with Gasteiger partial charge in [-0.15, -0.1) is 0 Å². The van der Waals surface area contributed by atoms with Gasteiger partial charge in [-0.1, -0.05) is 30.3 Å². The molecule has 0 aliphatic carbocycles. The van der Waals surface area contributed by atoms with E-state index in [9.17, 15) is 8.42 Å². The lowest BCUT2D eigenvalue weighted by molar-refractivity contribution is 0.312. The Morgan fingerprint density at radius 3 is 2.33 bits per heavy atom. The van der Waals surface area contributed by atoms with E-state index in [-0.39, 0.29) is 0 Å². The van der Waals surface area contributed by atoms with Gasteiger partial charge in [-0.3, -0.25) is 4.72 Å². The van der Waals surface area contributed by atoms with E-state index in [4.69, 9.17) is 4.98 Å². The van der Waals surface area contributed by atoms with Gasteiger partial charge < -0.3 is 15.1 Å². The number of piperazine rings is 1. The SMILES string of the molecule is Cc1cc(Nc2ncc3cccc(-c4ccc(NS(C)(=O)=O)cc4)c3n2)ccc1N1CCN(C)CC1. The van der Waals surface area contributed by atoms with Crippen LogP contribution >= 0.6 is 0 Å². The first kappa shape index (κ1) is 24.0. The maximum absolute atomic E-state index is 11.5. The lowest BCUT2D eigenvalue weighted by Crippen LogP contribution is -2.44. The number of benzene rings is 3. The molecule has 186 valence electrons. The van der Waals surface area contributed by atoms with Crippen LogP contribution in [0.15, 0.2) is 66.9 Å². The van der Waals surface area contributed by atoms with E-state index in [0.717, 1.165) is 60.2 Å². The van der Waals surface area contributed by atoms with Crippen LogP contribution in [0, 0.1) is 6.92 Å². The van der Waals surface area contributed by atoms with Crippen LogP contribution in [0.2, 0.25) is 0 Å². The second kappa shape index (κ2) is 9.75. The van der Waals surface area contributed by atoms with Gasteiger partial charge >= 0.3 is 0 Å². The van der Waals surface area contributed by atoms with Crippen molar-refractivity contribution >= 4 is 43.9 Å². The van der Waals surface area contributed by atoms with Crippen molar-refractivity contribution in [3.05, 3.63) is 72.4 Å². The second-order valence-corrected chi connectivity index (χ2v) is 11.1. The Hall–Kier alpha value is -3.69. The Bertz CT molecular complexity index is 1500. The molecule has 0 spiro atoms. The third-order valence-corrected chi connectivity index (χ3v) is 7.01. The Balaban J connectivity index is 1.40. The number of aryl methyl sites for hydroxylation is 1. The molecule has 36 heavy (non-hydrogen) atoms. The largest absolute Gasteiger partial charge is 0.369 e. The molecular weight excluding hydrogens is 472 g/mol. The molecule has 1 aliphatic heterocycles. The van der Waals surface area contributed by atoms with Gasteiger partial charge in [-0.05, 0) is 55.4 Å². The predicted octanol–water partition coefficient (Wildman–Crippen LogP) is 4.47. The van der Waals surface area contributed by atoms with Crippen LogP contribution in [-0.2, 0) is 10.0 Å². The summed E-state index contributed by atoms with van der Waals surface area (Å²) in [5, 5.41) is 4.29. The molecular formula is C27H30N6O2S. The quantitative estimate of drug-likeness (QED) is 0.402. The summed E-state index contributed by atoms with van der Waals surface area (Å²) in [6.45, 7) is 6.35. The number of nitrogens with one attached hydrogen (secondary N) is 2. The van der Waals surface area contributed by atoms with Crippen LogP contribution < -0.4 is 14.9 Å². The molecule has 0 unspecified atom stereocenters. The minimum absolute atomic E-state index is 0.522. The lowest BCUT2D eigenvalue weighted by atomic mass is 10.0. The normalized spacial score (nSPS) is 14.7. The number of hydrogen-bond donors (Lipinski definition) is 2. The van der Waals surface area contributed by atoms with Crippen LogP contribution in [0.1, 0.15) is 5.56 Å². The molecule has 8 nitrogen and oxygen atoms in total. The fraction of sp³-hybridized carbons (Fsp3) is 0.259. The van der Waals surface area contributed by atoms with E-state index in [2.05, 4.69) is 57.0 Å². The number of fused-ring (bicyclic) bond motifs is 1. The van der Waals surface area contributed by atoms with Crippen molar-refractivity contribution in [2.45, 2.75) is 6.92 Å². The highest BCUT2D eigenvalue weighted by molar-refractivity contribution is 7.92. The van der Waals surface area contributed by atoms with Crippen molar-refractivity contribution in [2.75, 3.05) is 54.4 Å². The highest BCUT2D eigenvalue weighted by Gasteiger charge is 2.16. The van der Waals surface area contributed by atoms with Gasteiger partial charge in [0, 0.05) is 60.4 Å². The van der Waals surface area contributed by atoms with Gasteiger partial charge in [-0.25, -0.2) is 18.4 Å². The molecule has 2 heterocycles. The third-order valence-electron chi connectivity index (χ3n) is 6.41. The zero-order valence-electron chi connectivity index (χ0n) is 20.7. The number of para-hydroxylation sites is 1. The number of nitrogens with zero attached hydrogens (tertiary/aromatic N) is 4.